The number of ether oxygens (including phenoxy) is 1. The summed E-state index contributed by atoms with van der Waals surface area (Å²) in [5, 5.41) is 2.93. The number of fused-ring (bicyclic) bond motifs is 1. The minimum absolute atomic E-state index is 0.0464. The van der Waals surface area contributed by atoms with E-state index in [-0.39, 0.29) is 11.9 Å². The van der Waals surface area contributed by atoms with Crippen LogP contribution >= 0.6 is 0 Å². The van der Waals surface area contributed by atoms with E-state index < -0.39 is 0 Å². The van der Waals surface area contributed by atoms with E-state index >= 15 is 0 Å². The van der Waals surface area contributed by atoms with Gasteiger partial charge in [0, 0.05) is 11.6 Å². The minimum atomic E-state index is -0.368. The second kappa shape index (κ2) is 7.79. The Hall–Kier alpha value is -1.88. The second-order valence-electron chi connectivity index (χ2n) is 7.09. The van der Waals surface area contributed by atoms with Crippen molar-refractivity contribution in [3.05, 3.63) is 29.8 Å². The van der Waals surface area contributed by atoms with Crippen molar-refractivity contribution in [2.45, 2.75) is 32.1 Å². The van der Waals surface area contributed by atoms with Crippen LogP contribution in [0.25, 0.3) is 0 Å². The molecule has 0 spiro atoms. The number of rotatable bonds is 4. The number of piperidine rings is 1. The molecule has 2 N–H and O–H groups in total. The van der Waals surface area contributed by atoms with Crippen LogP contribution in [0.1, 0.15) is 42.5 Å². The first-order valence-corrected chi connectivity index (χ1v) is 8.97. The number of carbonyl (C=O) groups is 2. The summed E-state index contributed by atoms with van der Waals surface area (Å²) in [4.78, 5) is 25.1. The van der Waals surface area contributed by atoms with Gasteiger partial charge in [-0.1, -0.05) is 12.8 Å². The molecule has 1 saturated heterocycles. The summed E-state index contributed by atoms with van der Waals surface area (Å²) >= 11 is 0. The van der Waals surface area contributed by atoms with Crippen LogP contribution in [0.2, 0.25) is 0 Å². The van der Waals surface area contributed by atoms with Crippen molar-refractivity contribution in [2.24, 2.45) is 11.8 Å². The number of methoxy groups -OCH3 is 1. The van der Waals surface area contributed by atoms with Crippen LogP contribution in [0, 0.1) is 11.8 Å². The third-order valence-corrected chi connectivity index (χ3v) is 5.49. The quantitative estimate of drug-likeness (QED) is 0.822. The summed E-state index contributed by atoms with van der Waals surface area (Å²) in [6.45, 7) is 2.78. The van der Waals surface area contributed by atoms with Crippen molar-refractivity contribution >= 4 is 17.6 Å². The van der Waals surface area contributed by atoms with Crippen molar-refractivity contribution in [3.8, 4) is 0 Å². The van der Waals surface area contributed by atoms with Gasteiger partial charge in [-0.15, -0.1) is 0 Å². The van der Waals surface area contributed by atoms with E-state index in [9.17, 15) is 9.59 Å². The van der Waals surface area contributed by atoms with Gasteiger partial charge in [-0.2, -0.15) is 0 Å². The Balaban J connectivity index is 1.49. The average Bonchev–Trinajstić information content (AvgIpc) is 2.61. The van der Waals surface area contributed by atoms with E-state index in [0.717, 1.165) is 30.6 Å². The molecule has 2 aliphatic rings. The van der Waals surface area contributed by atoms with E-state index in [1.54, 1.807) is 24.3 Å². The zero-order valence-corrected chi connectivity index (χ0v) is 14.3. The molecule has 1 heterocycles. The number of hydrogen-bond acceptors (Lipinski definition) is 3. The fourth-order valence-electron chi connectivity index (χ4n) is 4.20. The van der Waals surface area contributed by atoms with Crippen molar-refractivity contribution in [1.82, 2.24) is 0 Å². The molecule has 1 aromatic carbocycles. The Morgan fingerprint density at radius 3 is 2.54 bits per heavy atom. The summed E-state index contributed by atoms with van der Waals surface area (Å²) in [6, 6.07) is 6.82. The van der Waals surface area contributed by atoms with Gasteiger partial charge in [0.25, 0.3) is 5.91 Å². The molecule has 5 heteroatoms. The second-order valence-corrected chi connectivity index (χ2v) is 7.09. The summed E-state index contributed by atoms with van der Waals surface area (Å²) in [5.41, 5.74) is 1.21. The summed E-state index contributed by atoms with van der Waals surface area (Å²) in [7, 11) is 1.36. The normalized spacial score (nSPS) is 26.3. The lowest BCUT2D eigenvalue weighted by atomic mass is 9.75. The lowest BCUT2D eigenvalue weighted by molar-refractivity contribution is -0.902. The number of benzene rings is 1. The first kappa shape index (κ1) is 17.0. The van der Waals surface area contributed by atoms with E-state index in [2.05, 4.69) is 10.1 Å². The Bertz CT molecular complexity index is 585. The number of carbonyl (C=O) groups excluding carboxylic acids is 2. The molecule has 1 aliphatic carbocycles. The number of hydrogen-bond donors (Lipinski definition) is 2. The fraction of sp³-hybridized carbons (Fsp3) is 0.579. The molecule has 3 rings (SSSR count). The molecule has 0 bridgehead atoms. The average molecular weight is 331 g/mol. The number of nitrogens with one attached hydrogen (secondary N) is 2. The molecule has 1 unspecified atom stereocenters. The van der Waals surface area contributed by atoms with E-state index in [1.165, 1.54) is 44.1 Å². The highest BCUT2D eigenvalue weighted by Gasteiger charge is 2.34. The highest BCUT2D eigenvalue weighted by molar-refractivity contribution is 5.93. The van der Waals surface area contributed by atoms with Crippen LogP contribution in [0.4, 0.5) is 5.69 Å². The van der Waals surface area contributed by atoms with Crippen molar-refractivity contribution in [1.29, 1.82) is 0 Å². The van der Waals surface area contributed by atoms with Gasteiger partial charge in [0.2, 0.25) is 0 Å². The highest BCUT2D eigenvalue weighted by Crippen LogP contribution is 2.32. The molecule has 1 aliphatic heterocycles. The summed E-state index contributed by atoms with van der Waals surface area (Å²) < 4.78 is 4.67. The first-order valence-electron chi connectivity index (χ1n) is 8.97. The van der Waals surface area contributed by atoms with Crippen LogP contribution in [-0.4, -0.2) is 38.6 Å². The third kappa shape index (κ3) is 4.15. The highest BCUT2D eigenvalue weighted by atomic mass is 16.5. The lowest BCUT2D eigenvalue weighted by Gasteiger charge is -2.38. The maximum absolute atomic E-state index is 12.3. The molecule has 1 amide bonds. The van der Waals surface area contributed by atoms with Crippen LogP contribution in [-0.2, 0) is 9.53 Å². The van der Waals surface area contributed by atoms with E-state index in [0.29, 0.717) is 12.1 Å². The number of amides is 1. The SMILES string of the molecule is COC(=O)c1ccc(NC(=O)C[NH+]2CC[C@@H]3CCCC[C@@H]3C2)cc1. The number of esters is 1. The van der Waals surface area contributed by atoms with Crippen molar-refractivity contribution in [3.63, 3.8) is 0 Å². The maximum Gasteiger partial charge on any atom is 0.337 e. The van der Waals surface area contributed by atoms with Crippen molar-refractivity contribution in [2.75, 3.05) is 32.1 Å². The molecule has 5 nitrogen and oxygen atoms in total. The molecular weight excluding hydrogens is 304 g/mol. The number of likely N-dealkylation sites (tertiary alicyclic amines) is 1. The largest absolute Gasteiger partial charge is 0.465 e. The van der Waals surface area contributed by atoms with Gasteiger partial charge in [-0.05, 0) is 49.4 Å². The maximum atomic E-state index is 12.3. The molecular formula is C19H27N2O3+. The Morgan fingerprint density at radius 1 is 1.12 bits per heavy atom. The van der Waals surface area contributed by atoms with E-state index in [1.807, 2.05) is 0 Å². The van der Waals surface area contributed by atoms with E-state index in [4.69, 9.17) is 0 Å². The zero-order chi connectivity index (χ0) is 16.9. The Morgan fingerprint density at radius 2 is 1.83 bits per heavy atom. The van der Waals surface area contributed by atoms with Gasteiger partial charge in [-0.3, -0.25) is 4.79 Å². The molecule has 0 radical (unpaired) electrons. The first-order chi connectivity index (χ1) is 11.7. The Kier molecular flexibility index (Phi) is 5.51. The smallest absolute Gasteiger partial charge is 0.337 e. The summed E-state index contributed by atoms with van der Waals surface area (Å²) in [6.07, 6.45) is 6.73. The van der Waals surface area contributed by atoms with Crippen LogP contribution < -0.4 is 10.2 Å². The van der Waals surface area contributed by atoms with Crippen LogP contribution in [0.5, 0.6) is 0 Å². The Labute approximate surface area is 143 Å². The molecule has 3 atom stereocenters. The predicted molar refractivity (Wildman–Crippen MR) is 92.0 cm³/mol. The fourth-order valence-corrected chi connectivity index (χ4v) is 4.20. The zero-order valence-electron chi connectivity index (χ0n) is 14.3. The summed E-state index contributed by atoms with van der Waals surface area (Å²) in [5.74, 6) is 1.39. The van der Waals surface area contributed by atoms with Gasteiger partial charge in [-0.25, -0.2) is 4.79 Å². The van der Waals surface area contributed by atoms with Crippen molar-refractivity contribution < 1.29 is 19.2 Å². The standard InChI is InChI=1S/C19H26N2O3/c1-24-19(23)15-6-8-17(9-7-15)20-18(22)13-21-11-10-14-4-2-3-5-16(14)12-21/h6-9,14,16H,2-5,10-13H2,1H3,(H,20,22)/p+1/t14-,16+/m0/s1. The lowest BCUT2D eigenvalue weighted by Crippen LogP contribution is -3.15. The minimum Gasteiger partial charge on any atom is -0.465 e. The van der Waals surface area contributed by atoms with Gasteiger partial charge in [0.15, 0.2) is 6.54 Å². The molecule has 0 aromatic heterocycles. The van der Waals surface area contributed by atoms with Gasteiger partial charge < -0.3 is 15.0 Å². The molecule has 130 valence electrons. The van der Waals surface area contributed by atoms with Gasteiger partial charge >= 0.3 is 5.97 Å². The third-order valence-electron chi connectivity index (χ3n) is 5.49. The molecule has 1 saturated carbocycles. The molecule has 2 fully saturated rings. The van der Waals surface area contributed by atoms with Crippen LogP contribution in [0.15, 0.2) is 24.3 Å². The number of anilines is 1. The van der Waals surface area contributed by atoms with Crippen LogP contribution in [0.3, 0.4) is 0 Å². The van der Waals surface area contributed by atoms with Gasteiger partial charge in [0.1, 0.15) is 0 Å². The number of quaternary nitrogens is 1. The topological polar surface area (TPSA) is 59.8 Å². The molecule has 24 heavy (non-hydrogen) atoms. The monoisotopic (exact) mass is 331 g/mol. The van der Waals surface area contributed by atoms with Gasteiger partial charge in [0.05, 0.1) is 25.8 Å². The predicted octanol–water partition coefficient (Wildman–Crippen LogP) is 1.51. The molecule has 1 aromatic rings.